The summed E-state index contributed by atoms with van der Waals surface area (Å²) in [4.78, 5) is 29.9. The number of nitrogens with zero attached hydrogens (tertiary/aromatic N) is 2. The molecule has 1 atom stereocenters. The van der Waals surface area contributed by atoms with Crippen LogP contribution in [0.1, 0.15) is 24.0 Å². The van der Waals surface area contributed by atoms with E-state index in [1.807, 2.05) is 0 Å². The Morgan fingerprint density at radius 2 is 2.13 bits per heavy atom. The van der Waals surface area contributed by atoms with Crippen LogP contribution in [0.5, 0.6) is 0 Å². The van der Waals surface area contributed by atoms with Crippen LogP contribution >= 0.6 is 11.6 Å². The van der Waals surface area contributed by atoms with Crippen molar-refractivity contribution in [2.45, 2.75) is 24.9 Å². The Balaban J connectivity index is 1.52. The molecule has 0 radical (unpaired) electrons. The van der Waals surface area contributed by atoms with Gasteiger partial charge < -0.3 is 15.0 Å². The number of carbonyl (C=O) groups excluding carboxylic acids is 2. The summed E-state index contributed by atoms with van der Waals surface area (Å²) < 4.78 is 13.5. The maximum atomic E-state index is 13.5. The molecule has 8 heteroatoms. The number of hydrogen-bond acceptors (Lipinski definition) is 4. The Hall–Kier alpha value is -3.21. The van der Waals surface area contributed by atoms with Crippen molar-refractivity contribution in [1.82, 2.24) is 4.98 Å². The number of halogens is 2. The Bertz CT molecular complexity index is 1200. The van der Waals surface area contributed by atoms with Gasteiger partial charge in [0.15, 0.2) is 5.78 Å². The molecule has 30 heavy (non-hydrogen) atoms. The second-order valence-corrected chi connectivity index (χ2v) is 7.75. The average Bonchev–Trinajstić information content (AvgIpc) is 3.26. The van der Waals surface area contributed by atoms with Crippen molar-refractivity contribution in [1.29, 1.82) is 5.26 Å². The summed E-state index contributed by atoms with van der Waals surface area (Å²) in [7, 11) is 0. The smallest absolute Gasteiger partial charge is 0.266 e. The van der Waals surface area contributed by atoms with Gasteiger partial charge in [-0.1, -0.05) is 11.6 Å². The summed E-state index contributed by atoms with van der Waals surface area (Å²) in [5.41, 5.74) is 0.0912. The number of amides is 1. The molecule has 1 aromatic heterocycles. The number of carbonyl (C=O) groups is 2. The maximum Gasteiger partial charge on any atom is 0.266 e. The van der Waals surface area contributed by atoms with Crippen LogP contribution in [0.3, 0.4) is 0 Å². The average molecular weight is 426 g/mol. The van der Waals surface area contributed by atoms with E-state index < -0.39 is 23.1 Å². The molecule has 0 spiro atoms. The van der Waals surface area contributed by atoms with E-state index in [0.29, 0.717) is 22.2 Å². The summed E-state index contributed by atoms with van der Waals surface area (Å²) >= 11 is 5.83. The fourth-order valence-corrected chi connectivity index (χ4v) is 4.04. The van der Waals surface area contributed by atoms with Crippen molar-refractivity contribution < 1.29 is 19.1 Å². The molecular formula is C22H17ClFN3O3. The monoisotopic (exact) mass is 425 g/mol. The molecule has 1 unspecified atom stereocenters. The van der Waals surface area contributed by atoms with Crippen molar-refractivity contribution in [3.05, 3.63) is 64.6 Å². The van der Waals surface area contributed by atoms with Gasteiger partial charge in [0.25, 0.3) is 5.91 Å². The lowest BCUT2D eigenvalue weighted by molar-refractivity contribution is -0.147. The third kappa shape index (κ3) is 3.45. The molecule has 152 valence electrons. The standard InChI is InChI=1S/C22H17ClFN3O3/c23-15-7-13(8-16(24)9-15)1-4-20(28)22(30)5-6-27(21(22)29)17-2-3-19-18(10-17)14(11-25)12-26-19/h2-3,7-10,12,26,30H,1,4-6H2. The van der Waals surface area contributed by atoms with E-state index in [-0.39, 0.29) is 30.8 Å². The molecule has 6 nitrogen and oxygen atoms in total. The first-order chi connectivity index (χ1) is 14.3. The molecular weight excluding hydrogens is 409 g/mol. The molecule has 2 aromatic carbocycles. The first kappa shape index (κ1) is 20.1. The summed E-state index contributed by atoms with van der Waals surface area (Å²) in [6.45, 7) is 0.171. The Labute approximate surface area is 176 Å². The SMILES string of the molecule is N#Cc1c[nH]c2ccc(N3CCC(O)(C(=O)CCc4cc(F)cc(Cl)c4)C3=O)cc12. The number of rotatable bonds is 5. The topological polar surface area (TPSA) is 97.2 Å². The van der Waals surface area contributed by atoms with E-state index in [1.54, 1.807) is 30.5 Å². The van der Waals surface area contributed by atoms with Crippen LogP contribution in [0.4, 0.5) is 10.1 Å². The second kappa shape index (κ2) is 7.56. The quantitative estimate of drug-likeness (QED) is 0.611. The van der Waals surface area contributed by atoms with Crippen molar-refractivity contribution >= 4 is 39.9 Å². The number of Topliss-reactive ketones (excluding diaryl/α,β-unsaturated/α-hetero) is 1. The number of aromatic nitrogens is 1. The van der Waals surface area contributed by atoms with Crippen LogP contribution in [0.15, 0.2) is 42.6 Å². The van der Waals surface area contributed by atoms with Gasteiger partial charge in [-0.2, -0.15) is 5.26 Å². The number of hydrogen-bond donors (Lipinski definition) is 2. The van der Waals surface area contributed by atoms with Gasteiger partial charge in [-0.3, -0.25) is 9.59 Å². The van der Waals surface area contributed by atoms with Crippen molar-refractivity contribution in [2.24, 2.45) is 0 Å². The predicted octanol–water partition coefficient (Wildman–Crippen LogP) is 3.50. The number of nitrogens with one attached hydrogen (secondary N) is 1. The summed E-state index contributed by atoms with van der Waals surface area (Å²) in [5, 5.41) is 20.9. The number of H-pyrrole nitrogens is 1. The highest BCUT2D eigenvalue weighted by molar-refractivity contribution is 6.30. The normalized spacial score (nSPS) is 18.7. The van der Waals surface area contributed by atoms with E-state index in [4.69, 9.17) is 11.6 Å². The summed E-state index contributed by atoms with van der Waals surface area (Å²) in [6, 6.07) is 11.2. The molecule has 3 aromatic rings. The van der Waals surface area contributed by atoms with E-state index >= 15 is 0 Å². The zero-order valence-electron chi connectivity index (χ0n) is 15.8. The van der Waals surface area contributed by atoms with Gasteiger partial charge in [0.1, 0.15) is 11.9 Å². The molecule has 2 heterocycles. The van der Waals surface area contributed by atoms with Gasteiger partial charge in [0, 0.05) is 47.2 Å². The van der Waals surface area contributed by atoms with Crippen molar-refractivity contribution in [2.75, 3.05) is 11.4 Å². The number of anilines is 1. The number of ketones is 1. The van der Waals surface area contributed by atoms with Crippen LogP contribution in [-0.2, 0) is 16.0 Å². The fourth-order valence-electron chi connectivity index (χ4n) is 3.80. The minimum atomic E-state index is -2.12. The molecule has 0 bridgehead atoms. The number of aromatic amines is 1. The second-order valence-electron chi connectivity index (χ2n) is 7.31. The summed E-state index contributed by atoms with van der Waals surface area (Å²) in [6.07, 6.45) is 1.58. The Kier molecular flexibility index (Phi) is 5.06. The van der Waals surface area contributed by atoms with E-state index in [1.165, 1.54) is 11.0 Å². The highest BCUT2D eigenvalue weighted by Crippen LogP contribution is 2.32. The molecule has 0 saturated carbocycles. The van der Waals surface area contributed by atoms with Crippen molar-refractivity contribution in [3.63, 3.8) is 0 Å². The lowest BCUT2D eigenvalue weighted by Crippen LogP contribution is -2.47. The molecule has 1 saturated heterocycles. The van der Waals surface area contributed by atoms with Crippen LogP contribution < -0.4 is 4.90 Å². The Morgan fingerprint density at radius 1 is 1.33 bits per heavy atom. The van der Waals surface area contributed by atoms with Gasteiger partial charge >= 0.3 is 0 Å². The zero-order valence-corrected chi connectivity index (χ0v) is 16.5. The molecule has 1 amide bonds. The Morgan fingerprint density at radius 3 is 2.87 bits per heavy atom. The first-order valence-corrected chi connectivity index (χ1v) is 9.73. The molecule has 0 aliphatic carbocycles. The van der Waals surface area contributed by atoms with E-state index in [2.05, 4.69) is 11.1 Å². The van der Waals surface area contributed by atoms with Crippen LogP contribution in [0.25, 0.3) is 10.9 Å². The maximum absolute atomic E-state index is 13.5. The van der Waals surface area contributed by atoms with Gasteiger partial charge in [0.05, 0.1) is 5.56 Å². The molecule has 1 aliphatic heterocycles. The van der Waals surface area contributed by atoms with Gasteiger partial charge in [-0.25, -0.2) is 4.39 Å². The van der Waals surface area contributed by atoms with E-state index in [9.17, 15) is 24.3 Å². The predicted molar refractivity (Wildman–Crippen MR) is 110 cm³/mol. The van der Waals surface area contributed by atoms with Gasteiger partial charge in [0.2, 0.25) is 5.60 Å². The number of fused-ring (bicyclic) bond motifs is 1. The highest BCUT2D eigenvalue weighted by Gasteiger charge is 2.50. The minimum Gasteiger partial charge on any atom is -0.373 e. The number of benzene rings is 2. The van der Waals surface area contributed by atoms with Crippen LogP contribution in [-0.4, -0.2) is 33.9 Å². The van der Waals surface area contributed by atoms with Gasteiger partial charge in [-0.15, -0.1) is 0 Å². The lowest BCUT2D eigenvalue weighted by atomic mass is 9.92. The van der Waals surface area contributed by atoms with Crippen molar-refractivity contribution in [3.8, 4) is 6.07 Å². The lowest BCUT2D eigenvalue weighted by Gasteiger charge is -2.21. The molecule has 1 fully saturated rings. The number of nitriles is 1. The summed E-state index contributed by atoms with van der Waals surface area (Å²) in [5.74, 6) is -1.82. The number of aliphatic hydroxyl groups is 1. The van der Waals surface area contributed by atoms with Crippen LogP contribution in [0.2, 0.25) is 5.02 Å². The van der Waals surface area contributed by atoms with Crippen LogP contribution in [0, 0.1) is 17.1 Å². The third-order valence-corrected chi connectivity index (χ3v) is 5.64. The minimum absolute atomic E-state index is 0.0369. The third-order valence-electron chi connectivity index (χ3n) is 5.42. The molecule has 2 N–H and O–H groups in total. The van der Waals surface area contributed by atoms with Gasteiger partial charge in [-0.05, 0) is 48.4 Å². The number of aryl methyl sites for hydroxylation is 1. The molecule has 1 aliphatic rings. The first-order valence-electron chi connectivity index (χ1n) is 9.35. The van der Waals surface area contributed by atoms with E-state index in [0.717, 1.165) is 11.6 Å². The zero-order chi connectivity index (χ0) is 21.5. The fraction of sp³-hybridized carbons (Fsp3) is 0.227. The highest BCUT2D eigenvalue weighted by atomic mass is 35.5. The largest absolute Gasteiger partial charge is 0.373 e. The molecule has 4 rings (SSSR count).